The van der Waals surface area contributed by atoms with Gasteiger partial charge in [-0.15, -0.1) is 0 Å². The molecule has 0 aromatic carbocycles. The molecule has 1 N–H and O–H groups in total. The molecular formula is C10H15N3O2. The molecule has 1 fully saturated rings. The number of amides is 1. The van der Waals surface area contributed by atoms with Crippen LogP contribution in [0.15, 0.2) is 18.7 Å². The molecule has 2 heterocycles. The molecule has 82 valence electrons. The molecule has 0 radical (unpaired) electrons. The summed E-state index contributed by atoms with van der Waals surface area (Å²) in [5.41, 5.74) is 0. The van der Waals surface area contributed by atoms with E-state index < -0.39 is 0 Å². The fourth-order valence-electron chi connectivity index (χ4n) is 1.75. The van der Waals surface area contributed by atoms with Crippen LogP contribution in [0, 0.1) is 0 Å². The predicted molar refractivity (Wildman–Crippen MR) is 54.0 cm³/mol. The molecule has 0 atom stereocenters. The second-order valence-electron chi connectivity index (χ2n) is 3.85. The van der Waals surface area contributed by atoms with Crippen molar-refractivity contribution in [3.05, 3.63) is 18.7 Å². The van der Waals surface area contributed by atoms with Gasteiger partial charge in [-0.2, -0.15) is 0 Å². The second-order valence-corrected chi connectivity index (χ2v) is 3.85. The molecule has 15 heavy (non-hydrogen) atoms. The molecule has 1 saturated heterocycles. The molecule has 2 rings (SSSR count). The summed E-state index contributed by atoms with van der Waals surface area (Å²) in [5.74, 6) is 0.0971. The van der Waals surface area contributed by atoms with Crippen LogP contribution in [0.1, 0.15) is 12.8 Å². The highest BCUT2D eigenvalue weighted by Crippen LogP contribution is 2.10. The standard InChI is InChI=1S/C10H15N3O2/c14-9-1-4-13(5-2-9)10(15)7-12-6-3-11-8-12/h3,6,8-9,14H,1-2,4-5,7H2. The largest absolute Gasteiger partial charge is 0.393 e. The number of nitrogens with zero attached hydrogens (tertiary/aromatic N) is 3. The first-order chi connectivity index (χ1) is 7.25. The Morgan fingerprint density at radius 3 is 2.80 bits per heavy atom. The van der Waals surface area contributed by atoms with Crippen molar-refractivity contribution < 1.29 is 9.90 Å². The molecule has 0 aliphatic carbocycles. The highest BCUT2D eigenvalue weighted by atomic mass is 16.3. The number of imidazole rings is 1. The third-order valence-electron chi connectivity index (χ3n) is 2.69. The molecule has 1 aliphatic heterocycles. The molecule has 1 aromatic heterocycles. The highest BCUT2D eigenvalue weighted by Gasteiger charge is 2.20. The number of likely N-dealkylation sites (tertiary alicyclic amines) is 1. The van der Waals surface area contributed by atoms with E-state index in [2.05, 4.69) is 4.98 Å². The molecule has 5 heteroatoms. The van der Waals surface area contributed by atoms with Gasteiger partial charge in [0.05, 0.1) is 12.4 Å². The lowest BCUT2D eigenvalue weighted by Crippen LogP contribution is -2.41. The van der Waals surface area contributed by atoms with E-state index in [1.807, 2.05) is 0 Å². The van der Waals surface area contributed by atoms with Gasteiger partial charge in [-0.05, 0) is 12.8 Å². The zero-order valence-corrected chi connectivity index (χ0v) is 8.54. The lowest BCUT2D eigenvalue weighted by molar-refractivity contribution is -0.133. The number of carbonyl (C=O) groups is 1. The van der Waals surface area contributed by atoms with Gasteiger partial charge in [0.15, 0.2) is 0 Å². The zero-order chi connectivity index (χ0) is 10.7. The normalized spacial score (nSPS) is 18.1. The Morgan fingerprint density at radius 2 is 2.20 bits per heavy atom. The molecule has 0 unspecified atom stereocenters. The average Bonchev–Trinajstić information content (AvgIpc) is 2.71. The van der Waals surface area contributed by atoms with Crippen molar-refractivity contribution in [3.8, 4) is 0 Å². The van der Waals surface area contributed by atoms with Crippen LogP contribution in [0.25, 0.3) is 0 Å². The SMILES string of the molecule is O=C(Cn1ccnc1)N1CCC(O)CC1. The molecular weight excluding hydrogens is 194 g/mol. The summed E-state index contributed by atoms with van der Waals surface area (Å²) in [7, 11) is 0. The summed E-state index contributed by atoms with van der Waals surface area (Å²) in [6.07, 6.45) is 6.22. The molecule has 0 saturated carbocycles. The monoisotopic (exact) mass is 209 g/mol. The zero-order valence-electron chi connectivity index (χ0n) is 8.54. The van der Waals surface area contributed by atoms with E-state index in [1.54, 1.807) is 28.2 Å². The maximum atomic E-state index is 11.8. The lowest BCUT2D eigenvalue weighted by Gasteiger charge is -2.29. The molecule has 1 amide bonds. The van der Waals surface area contributed by atoms with Crippen molar-refractivity contribution in [1.29, 1.82) is 0 Å². The van der Waals surface area contributed by atoms with Crippen molar-refractivity contribution >= 4 is 5.91 Å². The fourth-order valence-corrected chi connectivity index (χ4v) is 1.75. The van der Waals surface area contributed by atoms with Crippen LogP contribution in [0.2, 0.25) is 0 Å². The summed E-state index contributed by atoms with van der Waals surface area (Å²) < 4.78 is 1.76. The van der Waals surface area contributed by atoms with Crippen molar-refractivity contribution in [3.63, 3.8) is 0 Å². The number of carbonyl (C=O) groups excluding carboxylic acids is 1. The van der Waals surface area contributed by atoms with Gasteiger partial charge in [0.2, 0.25) is 5.91 Å². The third-order valence-corrected chi connectivity index (χ3v) is 2.69. The Labute approximate surface area is 88.3 Å². The topological polar surface area (TPSA) is 58.4 Å². The minimum atomic E-state index is -0.234. The van der Waals surface area contributed by atoms with Gasteiger partial charge in [0.1, 0.15) is 6.54 Å². The minimum Gasteiger partial charge on any atom is -0.393 e. The second kappa shape index (κ2) is 4.44. The highest BCUT2D eigenvalue weighted by molar-refractivity contribution is 5.76. The van der Waals surface area contributed by atoms with Crippen LogP contribution in [-0.2, 0) is 11.3 Å². The van der Waals surface area contributed by atoms with Crippen LogP contribution in [-0.4, -0.2) is 44.7 Å². The van der Waals surface area contributed by atoms with Crippen molar-refractivity contribution in [2.75, 3.05) is 13.1 Å². The molecule has 0 spiro atoms. The Hall–Kier alpha value is -1.36. The minimum absolute atomic E-state index is 0.0971. The predicted octanol–water partition coefficient (Wildman–Crippen LogP) is -0.134. The first-order valence-corrected chi connectivity index (χ1v) is 5.17. The number of piperidine rings is 1. The molecule has 1 aromatic rings. The summed E-state index contributed by atoms with van der Waals surface area (Å²) >= 11 is 0. The van der Waals surface area contributed by atoms with Crippen LogP contribution in [0.4, 0.5) is 0 Å². The smallest absolute Gasteiger partial charge is 0.242 e. The van der Waals surface area contributed by atoms with Crippen LogP contribution >= 0.6 is 0 Å². The number of hydrogen-bond acceptors (Lipinski definition) is 3. The van der Waals surface area contributed by atoms with Gasteiger partial charge in [-0.1, -0.05) is 0 Å². The molecule has 0 bridgehead atoms. The van der Waals surface area contributed by atoms with Crippen molar-refractivity contribution in [2.45, 2.75) is 25.5 Å². The quantitative estimate of drug-likeness (QED) is 0.738. The number of aliphatic hydroxyl groups is 1. The van der Waals surface area contributed by atoms with Gasteiger partial charge in [0, 0.05) is 25.5 Å². The van der Waals surface area contributed by atoms with Gasteiger partial charge >= 0.3 is 0 Å². The Morgan fingerprint density at radius 1 is 1.47 bits per heavy atom. The maximum Gasteiger partial charge on any atom is 0.242 e. The van der Waals surface area contributed by atoms with Crippen LogP contribution in [0.3, 0.4) is 0 Å². The van der Waals surface area contributed by atoms with Gasteiger partial charge in [-0.25, -0.2) is 4.98 Å². The van der Waals surface area contributed by atoms with Crippen LogP contribution in [0.5, 0.6) is 0 Å². The number of aliphatic hydroxyl groups excluding tert-OH is 1. The Balaban J connectivity index is 1.86. The summed E-state index contributed by atoms with van der Waals surface area (Å²) in [6, 6.07) is 0. The fraction of sp³-hybridized carbons (Fsp3) is 0.600. The number of aromatic nitrogens is 2. The lowest BCUT2D eigenvalue weighted by atomic mass is 10.1. The third kappa shape index (κ3) is 2.56. The van der Waals surface area contributed by atoms with Crippen molar-refractivity contribution in [1.82, 2.24) is 14.5 Å². The maximum absolute atomic E-state index is 11.8. The number of rotatable bonds is 2. The summed E-state index contributed by atoms with van der Waals surface area (Å²) in [6.45, 7) is 1.67. The van der Waals surface area contributed by atoms with Crippen molar-refractivity contribution in [2.24, 2.45) is 0 Å². The van der Waals surface area contributed by atoms with E-state index in [0.717, 1.165) is 0 Å². The average molecular weight is 209 g/mol. The first kappa shape index (κ1) is 10.2. The van der Waals surface area contributed by atoms with E-state index in [1.165, 1.54) is 0 Å². The van der Waals surface area contributed by atoms with Crippen LogP contribution < -0.4 is 0 Å². The Kier molecular flexibility index (Phi) is 3.01. The van der Waals surface area contributed by atoms with Gasteiger partial charge in [0.25, 0.3) is 0 Å². The molecule has 5 nitrogen and oxygen atoms in total. The van der Waals surface area contributed by atoms with Gasteiger partial charge < -0.3 is 14.6 Å². The van der Waals surface area contributed by atoms with E-state index in [9.17, 15) is 9.90 Å². The molecule has 1 aliphatic rings. The van der Waals surface area contributed by atoms with Gasteiger partial charge in [-0.3, -0.25) is 4.79 Å². The van der Waals surface area contributed by atoms with E-state index >= 15 is 0 Å². The first-order valence-electron chi connectivity index (χ1n) is 5.17. The summed E-state index contributed by atoms with van der Waals surface area (Å²) in [4.78, 5) is 17.5. The number of hydrogen-bond donors (Lipinski definition) is 1. The Bertz CT molecular complexity index is 315. The van der Waals surface area contributed by atoms with E-state index in [-0.39, 0.29) is 12.0 Å². The summed E-state index contributed by atoms with van der Waals surface area (Å²) in [5, 5.41) is 9.31. The van der Waals surface area contributed by atoms with E-state index in [4.69, 9.17) is 0 Å². The van der Waals surface area contributed by atoms with E-state index in [0.29, 0.717) is 32.5 Å².